The number of nitrogens with one attached hydrogen (secondary N) is 1. The fraction of sp³-hybridized carbons (Fsp3) is 0.440. The summed E-state index contributed by atoms with van der Waals surface area (Å²) in [5.41, 5.74) is 3.12. The Labute approximate surface area is 179 Å². The van der Waals surface area contributed by atoms with Crippen molar-refractivity contribution in [2.75, 3.05) is 18.4 Å². The Balaban J connectivity index is 1.51. The Morgan fingerprint density at radius 1 is 1.07 bits per heavy atom. The van der Waals surface area contributed by atoms with Crippen LogP contribution in [0, 0.1) is 0 Å². The van der Waals surface area contributed by atoms with Gasteiger partial charge in [-0.05, 0) is 58.2 Å². The first-order valence-corrected chi connectivity index (χ1v) is 10.9. The normalized spacial score (nSPS) is 16.6. The van der Waals surface area contributed by atoms with Crippen LogP contribution in [0.5, 0.6) is 0 Å². The third kappa shape index (κ3) is 4.20. The van der Waals surface area contributed by atoms with Crippen LogP contribution in [0.25, 0.3) is 5.65 Å². The van der Waals surface area contributed by atoms with Gasteiger partial charge in [0.1, 0.15) is 11.5 Å². The van der Waals surface area contributed by atoms with Gasteiger partial charge in [0.05, 0.1) is 11.6 Å². The summed E-state index contributed by atoms with van der Waals surface area (Å²) in [5.74, 6) is 1.56. The second-order valence-electron chi connectivity index (χ2n) is 9.38. The number of carbonyl (C=O) groups is 1. The molecule has 30 heavy (non-hydrogen) atoms. The molecule has 2 aromatic heterocycles. The Kier molecular flexibility index (Phi) is 5.54. The van der Waals surface area contributed by atoms with Crippen LogP contribution in [0.2, 0.25) is 0 Å². The molecule has 1 amide bonds. The zero-order valence-corrected chi connectivity index (χ0v) is 18.4. The van der Waals surface area contributed by atoms with Crippen LogP contribution in [0.4, 0.5) is 5.82 Å². The highest BCUT2D eigenvalue weighted by molar-refractivity contribution is 5.83. The molecule has 0 spiro atoms. The molecule has 1 saturated heterocycles. The van der Waals surface area contributed by atoms with E-state index in [0.29, 0.717) is 5.92 Å². The van der Waals surface area contributed by atoms with Crippen molar-refractivity contribution in [1.82, 2.24) is 14.3 Å². The maximum atomic E-state index is 13.0. The summed E-state index contributed by atoms with van der Waals surface area (Å²) in [4.78, 5) is 20.0. The minimum Gasteiger partial charge on any atom is -0.365 e. The highest BCUT2D eigenvalue weighted by Crippen LogP contribution is 2.35. The fourth-order valence-corrected chi connectivity index (χ4v) is 4.31. The van der Waals surface area contributed by atoms with Gasteiger partial charge in [-0.25, -0.2) is 4.98 Å². The molecule has 5 nitrogen and oxygen atoms in total. The molecule has 0 unspecified atom stereocenters. The van der Waals surface area contributed by atoms with Gasteiger partial charge in [-0.1, -0.05) is 36.4 Å². The fourth-order valence-electron chi connectivity index (χ4n) is 4.31. The van der Waals surface area contributed by atoms with E-state index < -0.39 is 0 Å². The number of aromatic nitrogens is 2. The smallest absolute Gasteiger partial charge is 0.229 e. The van der Waals surface area contributed by atoms with E-state index >= 15 is 0 Å². The molecular formula is C25H32N4O. The highest BCUT2D eigenvalue weighted by Gasteiger charge is 2.31. The van der Waals surface area contributed by atoms with Gasteiger partial charge in [0.2, 0.25) is 5.91 Å². The second-order valence-corrected chi connectivity index (χ2v) is 9.38. The first-order valence-electron chi connectivity index (χ1n) is 10.9. The van der Waals surface area contributed by atoms with E-state index in [1.165, 1.54) is 0 Å². The zero-order chi connectivity index (χ0) is 21.3. The van der Waals surface area contributed by atoms with E-state index in [-0.39, 0.29) is 17.4 Å². The number of fused-ring (bicyclic) bond motifs is 1. The summed E-state index contributed by atoms with van der Waals surface area (Å²) in [6.45, 7) is 10.1. The van der Waals surface area contributed by atoms with Crippen LogP contribution < -0.4 is 5.32 Å². The largest absolute Gasteiger partial charge is 0.365 e. The molecule has 158 valence electrons. The quantitative estimate of drug-likeness (QED) is 0.662. The van der Waals surface area contributed by atoms with Gasteiger partial charge >= 0.3 is 0 Å². The Morgan fingerprint density at radius 3 is 2.40 bits per heavy atom. The average Bonchev–Trinajstić information content (AvgIpc) is 3.10. The number of pyridine rings is 1. The number of imidazole rings is 1. The monoisotopic (exact) mass is 404 g/mol. The van der Waals surface area contributed by atoms with Crippen LogP contribution in [0.1, 0.15) is 63.6 Å². The topological polar surface area (TPSA) is 49.6 Å². The van der Waals surface area contributed by atoms with Gasteiger partial charge in [-0.2, -0.15) is 0 Å². The number of piperidine rings is 1. The number of hydrogen-bond acceptors (Lipinski definition) is 3. The van der Waals surface area contributed by atoms with E-state index in [1.807, 2.05) is 54.3 Å². The van der Waals surface area contributed by atoms with Crippen molar-refractivity contribution in [3.8, 4) is 0 Å². The number of anilines is 1. The van der Waals surface area contributed by atoms with Gasteiger partial charge in [0.15, 0.2) is 0 Å². The minimum atomic E-state index is -0.101. The van der Waals surface area contributed by atoms with Crippen LogP contribution in [-0.2, 0) is 4.79 Å². The molecule has 1 atom stereocenters. The molecule has 1 fully saturated rings. The van der Waals surface area contributed by atoms with Gasteiger partial charge in [-0.15, -0.1) is 0 Å². The molecule has 0 aliphatic carbocycles. The molecule has 1 N–H and O–H groups in total. The van der Waals surface area contributed by atoms with Crippen molar-refractivity contribution in [2.24, 2.45) is 0 Å². The van der Waals surface area contributed by atoms with E-state index in [4.69, 9.17) is 4.98 Å². The lowest BCUT2D eigenvalue weighted by Gasteiger charge is -2.34. The lowest BCUT2D eigenvalue weighted by atomic mass is 9.91. The van der Waals surface area contributed by atoms with Crippen molar-refractivity contribution >= 4 is 17.4 Å². The molecule has 3 heterocycles. The zero-order valence-electron chi connectivity index (χ0n) is 18.4. The van der Waals surface area contributed by atoms with Crippen LogP contribution >= 0.6 is 0 Å². The van der Waals surface area contributed by atoms with Crippen molar-refractivity contribution < 1.29 is 4.79 Å². The molecule has 4 rings (SSSR count). The molecule has 0 radical (unpaired) electrons. The third-order valence-corrected chi connectivity index (χ3v) is 5.91. The molecule has 3 aromatic rings. The Morgan fingerprint density at radius 2 is 1.73 bits per heavy atom. The number of benzene rings is 1. The highest BCUT2D eigenvalue weighted by atomic mass is 16.2. The first kappa shape index (κ1) is 20.5. The predicted octanol–water partition coefficient (Wildman–Crippen LogP) is 5.05. The molecule has 1 aromatic carbocycles. The first-order chi connectivity index (χ1) is 14.3. The number of likely N-dealkylation sites (tertiary alicyclic amines) is 1. The molecule has 0 saturated carbocycles. The third-order valence-electron chi connectivity index (χ3n) is 5.91. The number of amides is 1. The lowest BCUT2D eigenvalue weighted by Crippen LogP contribution is -2.40. The van der Waals surface area contributed by atoms with Crippen molar-refractivity contribution in [3.63, 3.8) is 0 Å². The standard InChI is InChI=1S/C25H32N4O/c1-18(19-10-6-5-7-11-19)24(30)28-16-13-20(14-17-28)22-23(27-25(2,3)4)29-15-9-8-12-21(29)26-22/h5-12,15,18,20,27H,13-14,16-17H2,1-4H3/t18-/m1/s1. The maximum absolute atomic E-state index is 13.0. The maximum Gasteiger partial charge on any atom is 0.229 e. The molecule has 5 heteroatoms. The molecule has 1 aliphatic heterocycles. The molecular weight excluding hydrogens is 372 g/mol. The van der Waals surface area contributed by atoms with E-state index in [1.54, 1.807) is 0 Å². The van der Waals surface area contributed by atoms with Gasteiger partial charge in [-0.3, -0.25) is 9.20 Å². The number of carbonyl (C=O) groups excluding carboxylic acids is 1. The minimum absolute atomic E-state index is 0.0532. The van der Waals surface area contributed by atoms with Gasteiger partial charge < -0.3 is 10.2 Å². The lowest BCUT2D eigenvalue weighted by molar-refractivity contribution is -0.133. The summed E-state index contributed by atoms with van der Waals surface area (Å²) >= 11 is 0. The van der Waals surface area contributed by atoms with Crippen LogP contribution in [0.3, 0.4) is 0 Å². The second kappa shape index (κ2) is 8.13. The predicted molar refractivity (Wildman–Crippen MR) is 122 cm³/mol. The summed E-state index contributed by atoms with van der Waals surface area (Å²) in [6.07, 6.45) is 3.95. The van der Waals surface area contributed by atoms with Gasteiger partial charge in [0.25, 0.3) is 0 Å². The Hall–Kier alpha value is -2.82. The van der Waals surface area contributed by atoms with E-state index in [2.05, 4.69) is 42.8 Å². The summed E-state index contributed by atoms with van der Waals surface area (Å²) < 4.78 is 2.15. The molecule has 0 bridgehead atoms. The van der Waals surface area contributed by atoms with E-state index in [0.717, 1.165) is 48.7 Å². The summed E-state index contributed by atoms with van der Waals surface area (Å²) in [6, 6.07) is 16.2. The Bertz CT molecular complexity index is 1010. The summed E-state index contributed by atoms with van der Waals surface area (Å²) in [5, 5.41) is 3.66. The number of rotatable bonds is 4. The van der Waals surface area contributed by atoms with Crippen LogP contribution in [0.15, 0.2) is 54.7 Å². The van der Waals surface area contributed by atoms with Crippen molar-refractivity contribution in [3.05, 3.63) is 66.0 Å². The molecule has 1 aliphatic rings. The average molecular weight is 405 g/mol. The number of hydrogen-bond donors (Lipinski definition) is 1. The SMILES string of the molecule is C[C@@H](C(=O)N1CCC(c2nc3ccccn3c2NC(C)(C)C)CC1)c1ccccc1. The van der Waals surface area contributed by atoms with Crippen LogP contribution in [-0.4, -0.2) is 38.8 Å². The van der Waals surface area contributed by atoms with Crippen molar-refractivity contribution in [1.29, 1.82) is 0 Å². The van der Waals surface area contributed by atoms with E-state index in [9.17, 15) is 4.79 Å². The van der Waals surface area contributed by atoms with Crippen molar-refractivity contribution in [2.45, 2.75) is 57.9 Å². The van der Waals surface area contributed by atoms with Gasteiger partial charge in [0, 0.05) is 30.7 Å². The summed E-state index contributed by atoms with van der Waals surface area (Å²) in [7, 11) is 0. The number of nitrogens with zero attached hydrogens (tertiary/aromatic N) is 3.